The molecule has 0 spiro atoms. The summed E-state index contributed by atoms with van der Waals surface area (Å²) < 4.78 is 49.1. The predicted octanol–water partition coefficient (Wildman–Crippen LogP) is 4.07. The molecule has 0 fully saturated rings. The standard InChI is InChI=1S/C13H16F4O/c1-9-8-10(4-5-11(9)14)12(2,18)6-3-7-13(15,16)17/h4-5,8,18H,3,6-7H2,1-2H3. The zero-order chi connectivity index (χ0) is 14.0. The van der Waals surface area contributed by atoms with Crippen LogP contribution in [-0.4, -0.2) is 11.3 Å². The van der Waals surface area contributed by atoms with E-state index in [2.05, 4.69) is 0 Å². The maximum absolute atomic E-state index is 13.1. The molecule has 1 unspecified atom stereocenters. The molecule has 1 N–H and O–H groups in total. The normalized spacial score (nSPS) is 15.5. The molecular weight excluding hydrogens is 248 g/mol. The molecule has 1 aromatic carbocycles. The largest absolute Gasteiger partial charge is 0.389 e. The van der Waals surface area contributed by atoms with E-state index in [1.165, 1.54) is 25.1 Å². The van der Waals surface area contributed by atoms with Crippen molar-refractivity contribution in [3.8, 4) is 0 Å². The van der Waals surface area contributed by atoms with Gasteiger partial charge in [-0.3, -0.25) is 0 Å². The van der Waals surface area contributed by atoms with Crippen LogP contribution in [0.5, 0.6) is 0 Å². The Bertz CT molecular complexity index is 410. The van der Waals surface area contributed by atoms with Crippen molar-refractivity contribution in [3.63, 3.8) is 0 Å². The summed E-state index contributed by atoms with van der Waals surface area (Å²) in [4.78, 5) is 0. The van der Waals surface area contributed by atoms with Crippen LogP contribution in [0.25, 0.3) is 0 Å². The highest BCUT2D eigenvalue weighted by molar-refractivity contribution is 5.28. The van der Waals surface area contributed by atoms with Crippen LogP contribution >= 0.6 is 0 Å². The highest BCUT2D eigenvalue weighted by Gasteiger charge is 2.29. The average molecular weight is 264 g/mol. The molecular formula is C13H16F4O. The third-order valence-electron chi connectivity index (χ3n) is 2.90. The number of halogens is 4. The SMILES string of the molecule is Cc1cc(C(C)(O)CCCC(F)(F)F)ccc1F. The van der Waals surface area contributed by atoms with Gasteiger partial charge in [0.05, 0.1) is 5.60 Å². The van der Waals surface area contributed by atoms with Gasteiger partial charge in [0, 0.05) is 6.42 Å². The molecule has 0 aromatic heterocycles. The molecule has 102 valence electrons. The molecule has 1 aromatic rings. The summed E-state index contributed by atoms with van der Waals surface area (Å²) >= 11 is 0. The number of aryl methyl sites for hydroxylation is 1. The summed E-state index contributed by atoms with van der Waals surface area (Å²) in [6, 6.07) is 4.07. The molecule has 0 aliphatic heterocycles. The lowest BCUT2D eigenvalue weighted by atomic mass is 9.89. The van der Waals surface area contributed by atoms with E-state index in [0.717, 1.165) is 0 Å². The van der Waals surface area contributed by atoms with Gasteiger partial charge in [0.25, 0.3) is 0 Å². The van der Waals surface area contributed by atoms with Crippen molar-refractivity contribution < 1.29 is 22.7 Å². The van der Waals surface area contributed by atoms with Crippen LogP contribution in [0, 0.1) is 12.7 Å². The summed E-state index contributed by atoms with van der Waals surface area (Å²) in [6.45, 7) is 2.99. The van der Waals surface area contributed by atoms with Crippen LogP contribution < -0.4 is 0 Å². The molecule has 0 aliphatic carbocycles. The zero-order valence-electron chi connectivity index (χ0n) is 10.3. The van der Waals surface area contributed by atoms with E-state index in [4.69, 9.17) is 0 Å². The topological polar surface area (TPSA) is 20.2 Å². The van der Waals surface area contributed by atoms with Crippen LogP contribution in [0.4, 0.5) is 17.6 Å². The molecule has 5 heteroatoms. The van der Waals surface area contributed by atoms with E-state index in [9.17, 15) is 22.7 Å². The molecule has 0 saturated heterocycles. The van der Waals surface area contributed by atoms with Gasteiger partial charge in [-0.2, -0.15) is 13.2 Å². The first-order valence-corrected chi connectivity index (χ1v) is 5.67. The lowest BCUT2D eigenvalue weighted by Gasteiger charge is -2.24. The highest BCUT2D eigenvalue weighted by Crippen LogP contribution is 2.31. The second-order valence-electron chi connectivity index (χ2n) is 4.71. The van der Waals surface area contributed by atoms with Crippen LogP contribution in [-0.2, 0) is 5.60 Å². The summed E-state index contributed by atoms with van der Waals surface area (Å²) in [5.41, 5.74) is -0.573. The summed E-state index contributed by atoms with van der Waals surface area (Å²) in [5, 5.41) is 10.1. The molecule has 0 amide bonds. The number of aliphatic hydroxyl groups is 1. The summed E-state index contributed by atoms with van der Waals surface area (Å²) in [7, 11) is 0. The molecule has 1 rings (SSSR count). The fourth-order valence-electron chi connectivity index (χ4n) is 1.76. The van der Waals surface area contributed by atoms with E-state index in [0.29, 0.717) is 11.1 Å². The van der Waals surface area contributed by atoms with Gasteiger partial charge in [-0.05, 0) is 43.9 Å². The Morgan fingerprint density at radius 3 is 2.28 bits per heavy atom. The Kier molecular flexibility index (Phi) is 4.37. The van der Waals surface area contributed by atoms with Crippen molar-refractivity contribution >= 4 is 0 Å². The van der Waals surface area contributed by atoms with Crippen LogP contribution in [0.3, 0.4) is 0 Å². The molecule has 1 nitrogen and oxygen atoms in total. The molecule has 0 bridgehead atoms. The van der Waals surface area contributed by atoms with Gasteiger partial charge in [0.1, 0.15) is 5.82 Å². The number of alkyl halides is 3. The third kappa shape index (κ3) is 4.29. The van der Waals surface area contributed by atoms with E-state index >= 15 is 0 Å². The second kappa shape index (κ2) is 5.26. The van der Waals surface area contributed by atoms with Crippen molar-refractivity contribution in [2.45, 2.75) is 44.9 Å². The minimum Gasteiger partial charge on any atom is -0.385 e. The van der Waals surface area contributed by atoms with Crippen molar-refractivity contribution in [3.05, 3.63) is 35.1 Å². The first-order valence-electron chi connectivity index (χ1n) is 5.67. The quantitative estimate of drug-likeness (QED) is 0.813. The second-order valence-corrected chi connectivity index (χ2v) is 4.71. The van der Waals surface area contributed by atoms with E-state index in [1.807, 2.05) is 0 Å². The highest BCUT2D eigenvalue weighted by atomic mass is 19.4. The van der Waals surface area contributed by atoms with Gasteiger partial charge >= 0.3 is 6.18 Å². The lowest BCUT2D eigenvalue weighted by Crippen LogP contribution is -2.22. The third-order valence-corrected chi connectivity index (χ3v) is 2.90. The number of benzene rings is 1. The van der Waals surface area contributed by atoms with Crippen LogP contribution in [0.1, 0.15) is 37.3 Å². The van der Waals surface area contributed by atoms with Crippen LogP contribution in [0.2, 0.25) is 0 Å². The first kappa shape index (κ1) is 15.0. The van der Waals surface area contributed by atoms with E-state index in [1.54, 1.807) is 6.92 Å². The van der Waals surface area contributed by atoms with Gasteiger partial charge in [-0.15, -0.1) is 0 Å². The Morgan fingerprint density at radius 1 is 1.17 bits per heavy atom. The monoisotopic (exact) mass is 264 g/mol. The van der Waals surface area contributed by atoms with Gasteiger partial charge in [0.15, 0.2) is 0 Å². The van der Waals surface area contributed by atoms with Crippen molar-refractivity contribution in [2.24, 2.45) is 0 Å². The Morgan fingerprint density at radius 2 is 1.78 bits per heavy atom. The van der Waals surface area contributed by atoms with Crippen molar-refractivity contribution in [1.29, 1.82) is 0 Å². The molecule has 0 saturated carbocycles. The van der Waals surface area contributed by atoms with E-state index in [-0.39, 0.29) is 12.8 Å². The minimum atomic E-state index is -4.21. The molecule has 1 atom stereocenters. The Hall–Kier alpha value is -1.10. The fraction of sp³-hybridized carbons (Fsp3) is 0.538. The average Bonchev–Trinajstić information content (AvgIpc) is 2.19. The van der Waals surface area contributed by atoms with E-state index < -0.39 is 24.0 Å². The molecule has 18 heavy (non-hydrogen) atoms. The smallest absolute Gasteiger partial charge is 0.385 e. The van der Waals surface area contributed by atoms with Gasteiger partial charge in [-0.25, -0.2) is 4.39 Å². The van der Waals surface area contributed by atoms with Crippen molar-refractivity contribution in [1.82, 2.24) is 0 Å². The molecule has 0 radical (unpaired) electrons. The summed E-state index contributed by atoms with van der Waals surface area (Å²) in [6.07, 6.45) is -5.32. The number of hydrogen-bond acceptors (Lipinski definition) is 1. The maximum Gasteiger partial charge on any atom is 0.389 e. The van der Waals surface area contributed by atoms with Crippen LogP contribution in [0.15, 0.2) is 18.2 Å². The number of hydrogen-bond donors (Lipinski definition) is 1. The zero-order valence-corrected chi connectivity index (χ0v) is 10.3. The summed E-state index contributed by atoms with van der Waals surface area (Å²) in [5.74, 6) is -0.398. The Labute approximate surface area is 103 Å². The molecule has 0 aliphatic rings. The van der Waals surface area contributed by atoms with Gasteiger partial charge < -0.3 is 5.11 Å². The van der Waals surface area contributed by atoms with Crippen molar-refractivity contribution in [2.75, 3.05) is 0 Å². The maximum atomic E-state index is 13.1. The van der Waals surface area contributed by atoms with Gasteiger partial charge in [0.2, 0.25) is 0 Å². The number of rotatable bonds is 4. The molecule has 0 heterocycles. The lowest BCUT2D eigenvalue weighted by molar-refractivity contribution is -0.137. The first-order chi connectivity index (χ1) is 8.12. The Balaban J connectivity index is 2.70. The predicted molar refractivity (Wildman–Crippen MR) is 60.6 cm³/mol. The fourth-order valence-corrected chi connectivity index (χ4v) is 1.76. The minimum absolute atomic E-state index is 0.0163. The van der Waals surface area contributed by atoms with Gasteiger partial charge in [-0.1, -0.05) is 12.1 Å².